The predicted molar refractivity (Wildman–Crippen MR) is 128 cm³/mol. The molecule has 1 unspecified atom stereocenters. The zero-order valence-electron chi connectivity index (χ0n) is 16.7. The van der Waals surface area contributed by atoms with Gasteiger partial charge in [0.1, 0.15) is 11.0 Å². The van der Waals surface area contributed by atoms with E-state index in [1.54, 1.807) is 12.3 Å². The Balaban J connectivity index is 1.54. The van der Waals surface area contributed by atoms with Gasteiger partial charge in [-0.05, 0) is 54.0 Å². The molecule has 1 aliphatic heterocycles. The van der Waals surface area contributed by atoms with E-state index in [1.807, 2.05) is 30.3 Å². The van der Waals surface area contributed by atoms with Gasteiger partial charge in [0.15, 0.2) is 5.11 Å². The van der Waals surface area contributed by atoms with E-state index in [0.717, 1.165) is 42.0 Å². The van der Waals surface area contributed by atoms with Crippen LogP contribution in [0.3, 0.4) is 0 Å². The van der Waals surface area contributed by atoms with Gasteiger partial charge in [0.25, 0.3) is 0 Å². The predicted octanol–water partition coefficient (Wildman–Crippen LogP) is 4.88. The largest absolute Gasteiger partial charge is 0.353 e. The topological polar surface area (TPSA) is 57.2 Å². The van der Waals surface area contributed by atoms with Crippen LogP contribution in [0.15, 0.2) is 42.6 Å². The number of hydrogen-bond acceptors (Lipinski definition) is 5. The fourth-order valence-corrected chi connectivity index (χ4v) is 4.52. The number of pyridine rings is 1. The number of fused-ring (bicyclic) bond motifs is 1. The first-order valence-electron chi connectivity index (χ1n) is 9.79. The van der Waals surface area contributed by atoms with Crippen LogP contribution in [-0.2, 0) is 0 Å². The molecule has 30 heavy (non-hydrogen) atoms. The average molecular weight is 461 g/mol. The van der Waals surface area contributed by atoms with Gasteiger partial charge in [0, 0.05) is 43.0 Å². The summed E-state index contributed by atoms with van der Waals surface area (Å²) in [6, 6.07) is 12.0. The van der Waals surface area contributed by atoms with E-state index in [-0.39, 0.29) is 11.3 Å². The van der Waals surface area contributed by atoms with E-state index in [1.165, 1.54) is 0 Å². The van der Waals surface area contributed by atoms with Crippen molar-refractivity contribution in [3.63, 3.8) is 0 Å². The Morgan fingerprint density at radius 1 is 1.17 bits per heavy atom. The number of nitrogens with zero attached hydrogens (tertiary/aromatic N) is 5. The zero-order valence-corrected chi connectivity index (χ0v) is 19.0. The summed E-state index contributed by atoms with van der Waals surface area (Å²) >= 11 is 17.9. The van der Waals surface area contributed by atoms with Gasteiger partial charge in [-0.15, -0.1) is 0 Å². The molecule has 1 aliphatic rings. The number of hydrogen-bond donors (Lipinski definition) is 1. The van der Waals surface area contributed by atoms with Gasteiger partial charge in [-0.2, -0.15) is 0 Å². The molecule has 3 heterocycles. The van der Waals surface area contributed by atoms with Crippen molar-refractivity contribution in [3.8, 4) is 0 Å². The Hall–Kier alpha value is -2.22. The fourth-order valence-electron chi connectivity index (χ4n) is 3.78. The van der Waals surface area contributed by atoms with Crippen LogP contribution in [0.1, 0.15) is 13.8 Å². The molecule has 156 valence electrons. The zero-order chi connectivity index (χ0) is 21.3. The molecule has 6 nitrogen and oxygen atoms in total. The summed E-state index contributed by atoms with van der Waals surface area (Å²) in [6.07, 6.45) is 1.80. The smallest absolute Gasteiger partial charge is 0.225 e. The van der Waals surface area contributed by atoms with Crippen LogP contribution in [0.5, 0.6) is 0 Å². The first-order chi connectivity index (χ1) is 14.4. The van der Waals surface area contributed by atoms with Crippen LogP contribution >= 0.6 is 35.4 Å². The molecule has 1 atom stereocenters. The molecule has 3 aromatic rings. The molecule has 1 fully saturated rings. The van der Waals surface area contributed by atoms with Crippen LogP contribution in [0, 0.1) is 5.92 Å². The number of nitrogens with one attached hydrogen (secondary N) is 1. The van der Waals surface area contributed by atoms with Gasteiger partial charge in [-0.25, -0.2) is 9.97 Å². The highest BCUT2D eigenvalue weighted by atomic mass is 35.5. The summed E-state index contributed by atoms with van der Waals surface area (Å²) in [5, 5.41) is 5.70. The van der Waals surface area contributed by atoms with Gasteiger partial charge in [0.2, 0.25) is 5.28 Å². The lowest BCUT2D eigenvalue weighted by molar-refractivity contribution is 0.227. The molecular formula is C21H22Cl2N6S. The summed E-state index contributed by atoms with van der Waals surface area (Å²) in [4.78, 5) is 17.2. The molecule has 4 rings (SSSR count). The maximum absolute atomic E-state index is 6.08. The third-order valence-corrected chi connectivity index (χ3v) is 6.01. The lowest BCUT2D eigenvalue weighted by atomic mass is 10.00. The number of aromatic nitrogens is 3. The fraction of sp³-hybridized carbons (Fsp3) is 0.333. The van der Waals surface area contributed by atoms with Crippen LogP contribution in [-0.4, -0.2) is 50.6 Å². The summed E-state index contributed by atoms with van der Waals surface area (Å²) < 4.78 is 0. The highest BCUT2D eigenvalue weighted by molar-refractivity contribution is 7.80. The van der Waals surface area contributed by atoms with Crippen molar-refractivity contribution in [2.24, 2.45) is 5.92 Å². The lowest BCUT2D eigenvalue weighted by Gasteiger charge is -2.45. The van der Waals surface area contributed by atoms with E-state index >= 15 is 0 Å². The summed E-state index contributed by atoms with van der Waals surface area (Å²) in [5.74, 6) is 1.12. The number of piperazine rings is 1. The number of rotatable bonds is 3. The Labute approximate surface area is 191 Å². The van der Waals surface area contributed by atoms with E-state index in [0.29, 0.717) is 16.2 Å². The Morgan fingerprint density at radius 3 is 2.77 bits per heavy atom. The molecule has 1 N–H and O–H groups in total. The second-order valence-corrected chi connectivity index (χ2v) is 8.69. The normalized spacial score (nSPS) is 16.9. The van der Waals surface area contributed by atoms with Crippen LogP contribution in [0.25, 0.3) is 10.9 Å². The molecular weight excluding hydrogens is 439 g/mol. The van der Waals surface area contributed by atoms with Crippen molar-refractivity contribution < 1.29 is 0 Å². The third-order valence-electron chi connectivity index (χ3n) is 5.31. The van der Waals surface area contributed by atoms with Gasteiger partial charge in [-0.1, -0.05) is 31.5 Å². The number of benzene rings is 1. The quantitative estimate of drug-likeness (QED) is 0.339. The van der Waals surface area contributed by atoms with E-state index in [2.05, 4.69) is 43.9 Å². The molecule has 0 amide bonds. The number of anilines is 2. The lowest BCUT2D eigenvalue weighted by Crippen LogP contribution is -2.58. The minimum absolute atomic E-state index is 0.155. The van der Waals surface area contributed by atoms with Gasteiger partial charge in [0.05, 0.1) is 11.6 Å². The summed E-state index contributed by atoms with van der Waals surface area (Å²) in [6.45, 7) is 6.68. The Morgan fingerprint density at radius 2 is 2.00 bits per heavy atom. The SMILES string of the molecule is CC(C)C1CN(c2cc(Cl)nc(Cl)n2)CCN1C(=S)Nc1cccc2ncccc12. The van der Waals surface area contributed by atoms with Crippen molar-refractivity contribution in [3.05, 3.63) is 53.0 Å². The van der Waals surface area contributed by atoms with E-state index < -0.39 is 0 Å². The summed E-state index contributed by atoms with van der Waals surface area (Å²) in [5.41, 5.74) is 1.90. The van der Waals surface area contributed by atoms with Crippen molar-refractivity contribution in [2.75, 3.05) is 29.9 Å². The van der Waals surface area contributed by atoms with Crippen LogP contribution in [0.2, 0.25) is 10.4 Å². The maximum Gasteiger partial charge on any atom is 0.225 e. The molecule has 9 heteroatoms. The molecule has 0 saturated carbocycles. The third kappa shape index (κ3) is 4.43. The average Bonchev–Trinajstić information content (AvgIpc) is 2.73. The minimum atomic E-state index is 0.155. The second-order valence-electron chi connectivity index (χ2n) is 7.57. The molecule has 0 radical (unpaired) electrons. The molecule has 0 spiro atoms. The summed E-state index contributed by atoms with van der Waals surface area (Å²) in [7, 11) is 0. The Bertz CT molecular complexity index is 1050. The highest BCUT2D eigenvalue weighted by Gasteiger charge is 2.32. The van der Waals surface area contributed by atoms with E-state index in [4.69, 9.17) is 35.4 Å². The van der Waals surface area contributed by atoms with E-state index in [9.17, 15) is 0 Å². The monoisotopic (exact) mass is 460 g/mol. The maximum atomic E-state index is 6.08. The highest BCUT2D eigenvalue weighted by Crippen LogP contribution is 2.26. The minimum Gasteiger partial charge on any atom is -0.353 e. The number of thiocarbonyl (C=S) groups is 1. The standard InChI is InChI=1S/C21H22Cl2N6S/c1-13(2)17-12-28(19-11-18(22)26-20(23)27-19)9-10-29(17)21(30)25-16-7-3-6-15-14(16)5-4-8-24-15/h3-8,11,13,17H,9-10,12H2,1-2H3,(H,25,30). The van der Waals surface area contributed by atoms with Gasteiger partial charge < -0.3 is 15.1 Å². The molecule has 0 bridgehead atoms. The van der Waals surface area contributed by atoms with Crippen LogP contribution < -0.4 is 10.2 Å². The van der Waals surface area contributed by atoms with Crippen molar-refractivity contribution in [1.29, 1.82) is 0 Å². The van der Waals surface area contributed by atoms with Gasteiger partial charge in [-0.3, -0.25) is 4.98 Å². The number of halogens is 2. The molecule has 1 aromatic carbocycles. The van der Waals surface area contributed by atoms with Crippen LogP contribution in [0.4, 0.5) is 11.5 Å². The molecule has 1 saturated heterocycles. The first kappa shape index (κ1) is 21.0. The molecule has 0 aliphatic carbocycles. The Kier molecular flexibility index (Phi) is 6.22. The van der Waals surface area contributed by atoms with Gasteiger partial charge >= 0.3 is 0 Å². The van der Waals surface area contributed by atoms with Crippen molar-refractivity contribution >= 4 is 62.9 Å². The first-order valence-corrected chi connectivity index (χ1v) is 10.9. The molecule has 2 aromatic heterocycles. The van der Waals surface area contributed by atoms with Crippen molar-refractivity contribution in [1.82, 2.24) is 19.9 Å². The second kappa shape index (κ2) is 8.88. The van der Waals surface area contributed by atoms with Crippen molar-refractivity contribution in [2.45, 2.75) is 19.9 Å².